The van der Waals surface area contributed by atoms with Crippen molar-refractivity contribution < 1.29 is 19.1 Å². The third-order valence-corrected chi connectivity index (χ3v) is 6.92. The summed E-state index contributed by atoms with van der Waals surface area (Å²) in [6.07, 6.45) is 0. The fraction of sp³-hybridized carbons (Fsp3) is 0.321. The number of hydrogen-bond acceptors (Lipinski definition) is 6. The van der Waals surface area contributed by atoms with Gasteiger partial charge in [-0.05, 0) is 62.4 Å². The van der Waals surface area contributed by atoms with Crippen LogP contribution < -0.4 is 25.7 Å². The molecule has 38 heavy (non-hydrogen) atoms. The summed E-state index contributed by atoms with van der Waals surface area (Å²) < 4.78 is 11.4. The first-order valence-corrected chi connectivity index (χ1v) is 12.6. The molecule has 2 aromatic carbocycles. The van der Waals surface area contributed by atoms with E-state index in [1.165, 1.54) is 0 Å². The Balaban J connectivity index is 1.29. The highest BCUT2D eigenvalue weighted by Crippen LogP contribution is 2.44. The molecule has 0 aliphatic carbocycles. The zero-order valence-electron chi connectivity index (χ0n) is 21.7. The number of ether oxygens (including phenoxy) is 2. The molecule has 3 heterocycles. The fourth-order valence-electron chi connectivity index (χ4n) is 4.71. The van der Waals surface area contributed by atoms with Crippen LogP contribution in [0.3, 0.4) is 0 Å². The number of aromatic amines is 1. The number of hydrogen-bond donors (Lipinski definition) is 3. The number of H-pyrrole nitrogens is 1. The molecule has 1 saturated heterocycles. The first-order valence-electron chi connectivity index (χ1n) is 12.6. The molecular weight excluding hydrogens is 486 g/mol. The van der Waals surface area contributed by atoms with E-state index in [9.17, 15) is 14.4 Å². The minimum atomic E-state index is -0.361. The summed E-state index contributed by atoms with van der Waals surface area (Å²) in [6, 6.07) is 12.7. The third kappa shape index (κ3) is 5.21. The van der Waals surface area contributed by atoms with E-state index in [1.807, 2.05) is 62.2 Å². The number of likely N-dealkylation sites (N-methyl/N-ethyl adjacent to an activating group) is 1. The number of amides is 3. The van der Waals surface area contributed by atoms with Crippen molar-refractivity contribution in [1.82, 2.24) is 20.1 Å². The number of carbonyl (C=O) groups is 2. The molecule has 2 aliphatic rings. The molecule has 0 bridgehead atoms. The second kappa shape index (κ2) is 10.6. The van der Waals surface area contributed by atoms with E-state index in [0.29, 0.717) is 41.4 Å². The summed E-state index contributed by atoms with van der Waals surface area (Å²) in [5.41, 5.74) is 4.54. The summed E-state index contributed by atoms with van der Waals surface area (Å²) in [6.45, 7) is 6.87. The highest BCUT2D eigenvalue weighted by Gasteiger charge is 2.26. The normalized spacial score (nSPS) is 14.9. The molecule has 3 amide bonds. The summed E-state index contributed by atoms with van der Waals surface area (Å²) in [7, 11) is 2.05. The zero-order chi connectivity index (χ0) is 26.8. The van der Waals surface area contributed by atoms with E-state index in [4.69, 9.17) is 9.47 Å². The van der Waals surface area contributed by atoms with Gasteiger partial charge in [0.25, 0.3) is 11.5 Å². The van der Waals surface area contributed by atoms with Crippen molar-refractivity contribution in [3.8, 4) is 22.6 Å². The minimum Gasteiger partial charge on any atom is -0.453 e. The highest BCUT2D eigenvalue weighted by atomic mass is 16.7. The Morgan fingerprint density at radius 1 is 0.974 bits per heavy atom. The van der Waals surface area contributed by atoms with Gasteiger partial charge in [0.15, 0.2) is 11.5 Å². The van der Waals surface area contributed by atoms with Gasteiger partial charge in [-0.15, -0.1) is 0 Å². The lowest BCUT2D eigenvalue weighted by atomic mass is 10.0. The quantitative estimate of drug-likeness (QED) is 0.479. The number of carbonyl (C=O) groups excluding carboxylic acids is 2. The van der Waals surface area contributed by atoms with E-state index in [1.54, 1.807) is 6.07 Å². The van der Waals surface area contributed by atoms with E-state index in [2.05, 4.69) is 20.5 Å². The molecule has 3 aromatic rings. The van der Waals surface area contributed by atoms with Gasteiger partial charge in [-0.2, -0.15) is 0 Å². The van der Waals surface area contributed by atoms with Gasteiger partial charge in [-0.25, -0.2) is 4.79 Å². The summed E-state index contributed by atoms with van der Waals surface area (Å²) in [5, 5.41) is 5.77. The smallest absolute Gasteiger partial charge is 0.321 e. The van der Waals surface area contributed by atoms with E-state index < -0.39 is 0 Å². The number of fused-ring (bicyclic) bond motifs is 1. The minimum absolute atomic E-state index is 0.00251. The summed E-state index contributed by atoms with van der Waals surface area (Å²) >= 11 is 0. The molecule has 198 valence electrons. The van der Waals surface area contributed by atoms with Crippen LogP contribution in [0, 0.1) is 13.8 Å². The number of nitrogens with zero attached hydrogens (tertiary/aromatic N) is 2. The predicted octanol–water partition coefficient (Wildman–Crippen LogP) is 3.10. The van der Waals surface area contributed by atoms with Crippen molar-refractivity contribution in [3.05, 3.63) is 75.2 Å². The van der Waals surface area contributed by atoms with Crippen LogP contribution in [-0.2, 0) is 6.54 Å². The number of aromatic nitrogens is 1. The number of urea groups is 1. The number of rotatable bonds is 5. The second-order valence-corrected chi connectivity index (χ2v) is 9.65. The van der Waals surface area contributed by atoms with Crippen LogP contribution in [0.1, 0.15) is 27.2 Å². The average molecular weight is 518 g/mol. The van der Waals surface area contributed by atoms with Crippen LogP contribution in [0.5, 0.6) is 11.5 Å². The molecular formula is C28H31N5O5. The Hall–Kier alpha value is -4.31. The number of aryl methyl sites for hydroxylation is 2. The zero-order valence-corrected chi connectivity index (χ0v) is 21.7. The Morgan fingerprint density at radius 2 is 1.68 bits per heavy atom. The van der Waals surface area contributed by atoms with Crippen LogP contribution in [0.2, 0.25) is 0 Å². The van der Waals surface area contributed by atoms with Gasteiger partial charge >= 0.3 is 6.03 Å². The molecule has 0 spiro atoms. The molecule has 0 unspecified atom stereocenters. The number of piperazine rings is 1. The number of benzene rings is 2. The predicted molar refractivity (Wildman–Crippen MR) is 144 cm³/mol. The fourth-order valence-corrected chi connectivity index (χ4v) is 4.71. The Bertz CT molecular complexity index is 1420. The van der Waals surface area contributed by atoms with Crippen molar-refractivity contribution in [2.75, 3.05) is 45.3 Å². The molecule has 1 aromatic heterocycles. The van der Waals surface area contributed by atoms with Gasteiger partial charge in [0, 0.05) is 55.2 Å². The first kappa shape index (κ1) is 25.3. The lowest BCUT2D eigenvalue weighted by Gasteiger charge is -2.32. The van der Waals surface area contributed by atoms with Crippen molar-refractivity contribution >= 4 is 17.6 Å². The van der Waals surface area contributed by atoms with Gasteiger partial charge in [-0.1, -0.05) is 12.1 Å². The molecule has 3 N–H and O–H groups in total. The van der Waals surface area contributed by atoms with E-state index in [-0.39, 0.29) is 30.8 Å². The van der Waals surface area contributed by atoms with Crippen molar-refractivity contribution in [2.24, 2.45) is 0 Å². The maximum absolute atomic E-state index is 13.0. The monoisotopic (exact) mass is 517 g/mol. The van der Waals surface area contributed by atoms with Crippen LogP contribution >= 0.6 is 0 Å². The van der Waals surface area contributed by atoms with Crippen molar-refractivity contribution in [2.45, 2.75) is 20.4 Å². The standard InChI is InChI=1S/C28H31N5O5/c1-17-14-18(2)30-27(35)23(17)15-29-26(34)22-9-8-21(24-25(22)38-16-37-24)19-4-6-20(7-5-19)31-28(36)33-12-10-32(3)11-13-33/h4-9,14H,10-13,15-16H2,1-3H3,(H,29,34)(H,30,35)(H,31,36). The third-order valence-electron chi connectivity index (χ3n) is 6.92. The number of anilines is 1. The molecule has 0 saturated carbocycles. The van der Waals surface area contributed by atoms with Gasteiger partial charge in [0.2, 0.25) is 6.79 Å². The average Bonchev–Trinajstić information content (AvgIpc) is 3.38. The van der Waals surface area contributed by atoms with Crippen LogP contribution in [0.25, 0.3) is 11.1 Å². The van der Waals surface area contributed by atoms with E-state index in [0.717, 1.165) is 35.5 Å². The molecule has 2 aliphatic heterocycles. The highest BCUT2D eigenvalue weighted by molar-refractivity contribution is 5.99. The largest absolute Gasteiger partial charge is 0.453 e. The lowest BCUT2D eigenvalue weighted by molar-refractivity contribution is 0.0946. The van der Waals surface area contributed by atoms with Gasteiger partial charge in [0.1, 0.15) is 0 Å². The van der Waals surface area contributed by atoms with Crippen LogP contribution in [0.4, 0.5) is 10.5 Å². The molecule has 5 rings (SSSR count). The topological polar surface area (TPSA) is 116 Å². The van der Waals surface area contributed by atoms with E-state index >= 15 is 0 Å². The molecule has 1 fully saturated rings. The van der Waals surface area contributed by atoms with Gasteiger partial charge in [-0.3, -0.25) is 9.59 Å². The van der Waals surface area contributed by atoms with Crippen molar-refractivity contribution in [3.63, 3.8) is 0 Å². The Kier molecular flexibility index (Phi) is 7.06. The number of nitrogens with one attached hydrogen (secondary N) is 3. The van der Waals surface area contributed by atoms with Crippen LogP contribution in [0.15, 0.2) is 47.3 Å². The first-order chi connectivity index (χ1) is 18.3. The Morgan fingerprint density at radius 3 is 2.39 bits per heavy atom. The molecule has 0 radical (unpaired) electrons. The second-order valence-electron chi connectivity index (χ2n) is 9.65. The van der Waals surface area contributed by atoms with Crippen molar-refractivity contribution in [1.29, 1.82) is 0 Å². The maximum Gasteiger partial charge on any atom is 0.321 e. The Labute approximate surface area is 220 Å². The lowest BCUT2D eigenvalue weighted by Crippen LogP contribution is -2.48. The van der Waals surface area contributed by atoms with Gasteiger partial charge in [0.05, 0.1) is 5.56 Å². The summed E-state index contributed by atoms with van der Waals surface area (Å²) in [4.78, 5) is 44.7. The number of pyridine rings is 1. The van der Waals surface area contributed by atoms with Gasteiger partial charge < -0.3 is 34.9 Å². The SMILES string of the molecule is Cc1cc(C)c(CNC(=O)c2ccc(-c3ccc(NC(=O)N4CCN(C)CC4)cc3)c3c2OCO3)c(=O)[nH]1. The van der Waals surface area contributed by atoms with Crippen LogP contribution in [-0.4, -0.2) is 66.7 Å². The summed E-state index contributed by atoms with van der Waals surface area (Å²) in [5.74, 6) is 0.484. The molecule has 10 heteroatoms. The molecule has 10 nitrogen and oxygen atoms in total. The maximum atomic E-state index is 13.0. The molecule has 0 atom stereocenters.